The highest BCUT2D eigenvalue weighted by molar-refractivity contribution is 6.09. The number of carbonyl (C=O) groups is 4. The number of rotatable bonds is 7. The van der Waals surface area contributed by atoms with Crippen molar-refractivity contribution in [1.82, 2.24) is 5.16 Å². The molecule has 1 heterocycles. The summed E-state index contributed by atoms with van der Waals surface area (Å²) in [7, 11) is 0. The first kappa shape index (κ1) is 34.9. The maximum Gasteiger partial charge on any atom is 0.309 e. The maximum absolute atomic E-state index is 14.2. The zero-order valence-corrected chi connectivity index (χ0v) is 30.5. The Balaban J connectivity index is 1.27. The van der Waals surface area contributed by atoms with Gasteiger partial charge < -0.3 is 19.7 Å². The molecular weight excluding hydrogens is 608 g/mol. The van der Waals surface area contributed by atoms with Crippen LogP contribution in [0.4, 0.5) is 5.82 Å². The van der Waals surface area contributed by atoms with Gasteiger partial charge in [-0.1, -0.05) is 46.7 Å². The number of nitrogens with one attached hydrogen (secondary N) is 1. The Kier molecular flexibility index (Phi) is 8.39. The Morgan fingerprint density at radius 3 is 2.33 bits per heavy atom. The summed E-state index contributed by atoms with van der Waals surface area (Å²) in [5.74, 6) is 1.05. The maximum atomic E-state index is 14.2. The van der Waals surface area contributed by atoms with E-state index in [1.807, 2.05) is 0 Å². The Morgan fingerprint density at radius 2 is 1.71 bits per heavy atom. The van der Waals surface area contributed by atoms with Crippen molar-refractivity contribution in [2.24, 2.45) is 56.7 Å². The number of fused-ring (bicyclic) bond motifs is 7. The molecule has 1 aromatic rings. The number of ketones is 1. The van der Waals surface area contributed by atoms with Crippen molar-refractivity contribution in [2.75, 3.05) is 5.32 Å². The zero-order chi connectivity index (χ0) is 35.2. The van der Waals surface area contributed by atoms with Gasteiger partial charge in [0.2, 0.25) is 5.91 Å². The van der Waals surface area contributed by atoms with E-state index in [0.29, 0.717) is 35.8 Å². The highest BCUT2D eigenvalue weighted by atomic mass is 16.5. The van der Waals surface area contributed by atoms with Gasteiger partial charge in [-0.05, 0) is 124 Å². The molecule has 1 amide bonds. The normalized spacial score (nSPS) is 37.3. The van der Waals surface area contributed by atoms with Gasteiger partial charge in [0.05, 0.1) is 17.3 Å². The molecule has 0 aliphatic heterocycles. The number of carboxylic acids is 1. The molecule has 48 heavy (non-hydrogen) atoms. The minimum Gasteiger partial charge on any atom is -0.481 e. The van der Waals surface area contributed by atoms with E-state index in [9.17, 15) is 24.3 Å². The van der Waals surface area contributed by atoms with Crippen LogP contribution in [0.1, 0.15) is 125 Å². The van der Waals surface area contributed by atoms with Crippen LogP contribution in [0.5, 0.6) is 0 Å². The van der Waals surface area contributed by atoms with Crippen LogP contribution >= 0.6 is 0 Å². The van der Waals surface area contributed by atoms with Gasteiger partial charge in [-0.2, -0.15) is 0 Å². The third-order valence-electron chi connectivity index (χ3n) is 14.3. The fourth-order valence-corrected chi connectivity index (χ4v) is 12.1. The van der Waals surface area contributed by atoms with Gasteiger partial charge in [-0.15, -0.1) is 0 Å². The molecular formula is C39H56N2O7. The second-order valence-corrected chi connectivity index (χ2v) is 18.1. The number of aryl methyl sites for hydroxylation is 1. The third-order valence-corrected chi connectivity index (χ3v) is 14.3. The lowest BCUT2D eigenvalue weighted by molar-refractivity contribution is -0.213. The topological polar surface area (TPSA) is 136 Å². The monoisotopic (exact) mass is 664 g/mol. The molecule has 9 heteroatoms. The van der Waals surface area contributed by atoms with Crippen LogP contribution in [0.3, 0.4) is 0 Å². The van der Waals surface area contributed by atoms with Gasteiger partial charge in [-0.3, -0.25) is 19.2 Å². The second kappa shape index (κ2) is 11.5. The van der Waals surface area contributed by atoms with Gasteiger partial charge in [0.15, 0.2) is 11.6 Å². The molecule has 4 unspecified atom stereocenters. The lowest BCUT2D eigenvalue weighted by Gasteiger charge is -2.68. The molecule has 6 rings (SSSR count). The standard InChI is InChI=1S/C39H56N2O7/c1-21(2)31-25(42)19-39(33(44)40-29-18-22(3)48-41-29)17-12-24-23(32(31)39)10-11-27-37(24,8)15-13-26-36(6,7)28(14-16-38(26,27)9)47-30(43)20-35(4,5)34(45)46/h18,21,23-24,26-28H,10-17,19-20H2,1-9H3,(H,45,46)(H,40,41,44)/t23?,24?,26?,27?,28-,37-,38-,39+/m0/s1. The van der Waals surface area contributed by atoms with Gasteiger partial charge >= 0.3 is 11.9 Å². The largest absolute Gasteiger partial charge is 0.481 e. The Bertz CT molecular complexity index is 1550. The molecule has 0 spiro atoms. The number of Topliss-reactive ketones (excluding diaryl/α,β-unsaturated/α-hetero) is 1. The number of carboxylic acid groups (broad SMARTS) is 1. The minimum atomic E-state index is -1.17. The average molecular weight is 665 g/mol. The fourth-order valence-electron chi connectivity index (χ4n) is 12.1. The first-order valence-corrected chi connectivity index (χ1v) is 18.2. The minimum absolute atomic E-state index is 0.0499. The highest BCUT2D eigenvalue weighted by Gasteiger charge is 2.67. The number of ether oxygens (including phenoxy) is 1. The molecule has 264 valence electrons. The lowest BCUT2D eigenvalue weighted by atomic mass is 9.36. The number of allylic oxidation sites excluding steroid dienone is 1. The molecule has 4 saturated carbocycles. The quantitative estimate of drug-likeness (QED) is 0.281. The SMILES string of the molecule is Cc1cc(NC(=O)[C@@]23CCC4C(CCC5[C@@]4(C)CCC4C(C)(C)[C@@H](OC(=O)CC(C)(C)C(=O)O)CC[C@@]45C)C2=C(C(C)C)C(=O)C3)no1. The first-order chi connectivity index (χ1) is 22.3. The molecule has 0 aromatic carbocycles. The number of aromatic nitrogens is 1. The van der Waals surface area contributed by atoms with Crippen LogP contribution in [0, 0.1) is 63.6 Å². The number of aliphatic carboxylic acids is 1. The first-order valence-electron chi connectivity index (χ1n) is 18.2. The summed E-state index contributed by atoms with van der Waals surface area (Å²) >= 11 is 0. The predicted octanol–water partition coefficient (Wildman–Crippen LogP) is 7.92. The molecule has 0 radical (unpaired) electrons. The van der Waals surface area contributed by atoms with Crippen LogP contribution in [-0.2, 0) is 23.9 Å². The van der Waals surface area contributed by atoms with E-state index in [1.54, 1.807) is 26.8 Å². The van der Waals surface area contributed by atoms with Crippen LogP contribution < -0.4 is 5.32 Å². The molecule has 4 fully saturated rings. The van der Waals surface area contributed by atoms with Crippen LogP contribution in [0.2, 0.25) is 0 Å². The number of carbonyl (C=O) groups excluding carboxylic acids is 3. The van der Waals surface area contributed by atoms with E-state index >= 15 is 0 Å². The van der Waals surface area contributed by atoms with Crippen molar-refractivity contribution >= 4 is 29.4 Å². The number of anilines is 1. The molecule has 8 atom stereocenters. The van der Waals surface area contributed by atoms with Crippen molar-refractivity contribution in [2.45, 2.75) is 133 Å². The number of hydrogen-bond donors (Lipinski definition) is 2. The summed E-state index contributed by atoms with van der Waals surface area (Å²) in [6.45, 7) is 18.6. The van der Waals surface area contributed by atoms with Crippen molar-refractivity contribution < 1.29 is 33.5 Å². The summed E-state index contributed by atoms with van der Waals surface area (Å²) < 4.78 is 11.3. The Morgan fingerprint density at radius 1 is 1.02 bits per heavy atom. The Hall–Kier alpha value is -2.97. The van der Waals surface area contributed by atoms with E-state index < -0.39 is 22.8 Å². The van der Waals surface area contributed by atoms with Gasteiger partial charge in [0.25, 0.3) is 0 Å². The molecule has 9 nitrogen and oxygen atoms in total. The molecule has 1 aromatic heterocycles. The molecule has 0 saturated heterocycles. The number of esters is 1. The van der Waals surface area contributed by atoms with Gasteiger partial charge in [0.1, 0.15) is 11.9 Å². The summed E-state index contributed by atoms with van der Waals surface area (Å²) in [6.07, 6.45) is 7.23. The summed E-state index contributed by atoms with van der Waals surface area (Å²) in [4.78, 5) is 52.7. The predicted molar refractivity (Wildman–Crippen MR) is 181 cm³/mol. The van der Waals surface area contributed by atoms with E-state index in [-0.39, 0.29) is 58.7 Å². The third kappa shape index (κ3) is 5.19. The summed E-state index contributed by atoms with van der Waals surface area (Å²) in [5.41, 5.74) is -0.143. The lowest BCUT2D eigenvalue weighted by Crippen LogP contribution is -2.63. The molecule has 5 aliphatic carbocycles. The van der Waals surface area contributed by atoms with Gasteiger partial charge in [0, 0.05) is 17.9 Å². The van der Waals surface area contributed by atoms with Crippen molar-refractivity contribution in [3.8, 4) is 0 Å². The van der Waals surface area contributed by atoms with Crippen molar-refractivity contribution in [3.63, 3.8) is 0 Å². The fraction of sp³-hybridized carbons (Fsp3) is 0.769. The highest BCUT2D eigenvalue weighted by Crippen LogP contribution is 2.73. The van der Waals surface area contributed by atoms with Crippen LogP contribution in [-0.4, -0.2) is 40.0 Å². The van der Waals surface area contributed by atoms with Crippen molar-refractivity contribution in [1.29, 1.82) is 0 Å². The van der Waals surface area contributed by atoms with Crippen LogP contribution in [0.15, 0.2) is 21.7 Å². The molecule has 2 N–H and O–H groups in total. The summed E-state index contributed by atoms with van der Waals surface area (Å²) in [5, 5.41) is 16.6. The Labute approximate surface area is 285 Å². The van der Waals surface area contributed by atoms with Crippen LogP contribution in [0.25, 0.3) is 0 Å². The number of nitrogens with zero attached hydrogens (tertiary/aromatic N) is 1. The van der Waals surface area contributed by atoms with E-state index in [4.69, 9.17) is 9.26 Å². The zero-order valence-electron chi connectivity index (χ0n) is 30.5. The summed E-state index contributed by atoms with van der Waals surface area (Å²) in [6, 6.07) is 1.73. The van der Waals surface area contributed by atoms with E-state index in [0.717, 1.165) is 56.1 Å². The average Bonchev–Trinajstić information content (AvgIpc) is 3.53. The second-order valence-electron chi connectivity index (χ2n) is 18.1. The van der Waals surface area contributed by atoms with Gasteiger partial charge in [-0.25, -0.2) is 0 Å². The van der Waals surface area contributed by atoms with Crippen molar-refractivity contribution in [3.05, 3.63) is 23.0 Å². The molecule has 5 aliphatic rings. The smallest absolute Gasteiger partial charge is 0.309 e. The number of amides is 1. The van der Waals surface area contributed by atoms with E-state index in [2.05, 4.69) is 52.0 Å². The number of hydrogen-bond acceptors (Lipinski definition) is 7. The molecule has 0 bridgehead atoms. The van der Waals surface area contributed by atoms with E-state index in [1.165, 1.54) is 0 Å².